The molecule has 0 aliphatic rings. The third kappa shape index (κ3) is 18.9. The molecule has 0 radical (unpaired) electrons. The molecule has 1 aromatic rings. The van der Waals surface area contributed by atoms with E-state index in [-0.39, 0.29) is 5.56 Å². The first-order chi connectivity index (χ1) is 7.72. The van der Waals surface area contributed by atoms with E-state index in [0.717, 1.165) is 0 Å². The number of rotatable bonds is 3. The zero-order chi connectivity index (χ0) is 12.6. The van der Waals surface area contributed by atoms with Crippen molar-refractivity contribution in [3.05, 3.63) is 34.7 Å². The van der Waals surface area contributed by atoms with Crippen molar-refractivity contribution in [2.45, 2.75) is 39.5 Å². The summed E-state index contributed by atoms with van der Waals surface area (Å²) in [5.41, 5.74) is -0.0532. The van der Waals surface area contributed by atoms with Crippen LogP contribution in [0.3, 0.4) is 0 Å². The van der Waals surface area contributed by atoms with Gasteiger partial charge in [-0.15, -0.1) is 0 Å². The van der Waals surface area contributed by atoms with Gasteiger partial charge in [-0.25, -0.2) is 0 Å². The zero-order valence-electron chi connectivity index (χ0n) is 9.77. The van der Waals surface area contributed by atoms with Gasteiger partial charge in [0.2, 0.25) is 5.56 Å². The van der Waals surface area contributed by atoms with Crippen molar-refractivity contribution < 1.29 is 25.3 Å². The number of hydrogen-bond acceptors (Lipinski definition) is 3. The van der Waals surface area contributed by atoms with Crippen molar-refractivity contribution in [3.63, 3.8) is 0 Å². The minimum absolute atomic E-state index is 0.0532. The van der Waals surface area contributed by atoms with Crippen LogP contribution >= 0.6 is 0 Å². The Morgan fingerprint density at radius 1 is 1.12 bits per heavy atom. The Kier molecular flexibility index (Phi) is 18.4. The van der Waals surface area contributed by atoms with E-state index in [9.17, 15) is 4.79 Å². The molecule has 1 heterocycles. The van der Waals surface area contributed by atoms with Crippen LogP contribution < -0.4 is 5.56 Å². The zero-order valence-corrected chi connectivity index (χ0v) is 12.7. The second-order valence-corrected chi connectivity index (χ2v) is 3.49. The third-order valence-electron chi connectivity index (χ3n) is 1.64. The summed E-state index contributed by atoms with van der Waals surface area (Å²) in [7, 11) is 0. The molecule has 0 fully saturated rings. The Labute approximate surface area is 105 Å². The molecule has 1 rings (SSSR count). The van der Waals surface area contributed by atoms with Crippen LogP contribution in [0.1, 0.15) is 39.5 Å². The molecule has 0 saturated heterocycles. The van der Waals surface area contributed by atoms with Crippen LogP contribution in [0.2, 0.25) is 0 Å². The van der Waals surface area contributed by atoms with Crippen molar-refractivity contribution >= 4 is 0 Å². The van der Waals surface area contributed by atoms with Crippen LogP contribution in [0.5, 0.6) is 0 Å². The van der Waals surface area contributed by atoms with E-state index >= 15 is 0 Å². The van der Waals surface area contributed by atoms with Crippen LogP contribution in [0, 0.1) is 0 Å². The number of H-pyrrole nitrogens is 1. The first-order valence-corrected chi connectivity index (χ1v) is 7.67. The van der Waals surface area contributed by atoms with Crippen LogP contribution in [-0.2, 0) is 25.3 Å². The fraction of sp³-hybridized carbons (Fsp3) is 0.545. The topological polar surface area (TPSA) is 67.0 Å². The van der Waals surface area contributed by atoms with Gasteiger partial charge in [0.05, 0.1) is 0 Å². The molecular weight excluding hydrogens is 378 g/mol. The molecule has 0 bridgehead atoms. The molecular formula is C11H19NO3W. The molecule has 0 aliphatic carbocycles. The normalized spacial score (nSPS) is 7.88. The number of aromatic nitrogens is 1. The molecule has 1 N–H and O–H groups in total. The molecule has 0 saturated carbocycles. The molecule has 1 aromatic heterocycles. The Balaban J connectivity index is 0. The maximum atomic E-state index is 10.2. The van der Waals surface area contributed by atoms with Gasteiger partial charge in [0.1, 0.15) is 0 Å². The molecule has 0 aliphatic heterocycles. The SMILES string of the molecule is CCCCCC.O=c1cccc[nH]1.[O]=[W]=[O]. The first-order valence-electron chi connectivity index (χ1n) is 5.28. The summed E-state index contributed by atoms with van der Waals surface area (Å²) >= 11 is -2.25. The van der Waals surface area contributed by atoms with Crippen molar-refractivity contribution in [3.8, 4) is 0 Å². The second-order valence-electron chi connectivity index (χ2n) is 3.00. The molecule has 92 valence electrons. The monoisotopic (exact) mass is 397 g/mol. The number of pyridine rings is 1. The van der Waals surface area contributed by atoms with E-state index in [2.05, 4.69) is 18.8 Å². The predicted octanol–water partition coefficient (Wildman–Crippen LogP) is 2.72. The minimum atomic E-state index is -2.25. The summed E-state index contributed by atoms with van der Waals surface area (Å²) in [6.45, 7) is 4.46. The fourth-order valence-corrected chi connectivity index (χ4v) is 0.877. The molecule has 5 heteroatoms. The Morgan fingerprint density at radius 2 is 1.62 bits per heavy atom. The van der Waals surface area contributed by atoms with E-state index in [1.807, 2.05) is 0 Å². The average Bonchev–Trinajstić information content (AvgIpc) is 2.29. The van der Waals surface area contributed by atoms with Gasteiger partial charge in [0.15, 0.2) is 0 Å². The average molecular weight is 397 g/mol. The van der Waals surface area contributed by atoms with Crippen LogP contribution in [0.25, 0.3) is 0 Å². The van der Waals surface area contributed by atoms with Crippen LogP contribution in [0.4, 0.5) is 0 Å². The molecule has 16 heavy (non-hydrogen) atoms. The van der Waals surface area contributed by atoms with Gasteiger partial charge >= 0.3 is 25.3 Å². The maximum absolute atomic E-state index is 10.2. The summed E-state index contributed by atoms with van der Waals surface area (Å²) in [5, 5.41) is 0. The summed E-state index contributed by atoms with van der Waals surface area (Å²) in [4.78, 5) is 12.7. The Bertz CT molecular complexity index is 298. The fourth-order valence-electron chi connectivity index (χ4n) is 0.877. The van der Waals surface area contributed by atoms with Gasteiger partial charge in [-0.05, 0) is 6.07 Å². The van der Waals surface area contributed by atoms with E-state index in [0.29, 0.717) is 0 Å². The number of unbranched alkanes of at least 4 members (excludes halogenated alkanes) is 3. The number of hydrogen-bond donors (Lipinski definition) is 1. The molecule has 0 aromatic carbocycles. The quantitative estimate of drug-likeness (QED) is 0.798. The van der Waals surface area contributed by atoms with Gasteiger partial charge in [-0.1, -0.05) is 45.6 Å². The van der Waals surface area contributed by atoms with Crippen LogP contribution in [-0.4, -0.2) is 4.98 Å². The van der Waals surface area contributed by atoms with Crippen molar-refractivity contribution in [1.82, 2.24) is 4.98 Å². The standard InChI is InChI=1S/C6H14.C5H5NO.2O.W/c1-3-5-6-4-2;7-5-3-1-2-4-6-5;;;/h3-6H2,1-2H3;1-4H,(H,6,7);;;. The van der Waals surface area contributed by atoms with E-state index in [1.54, 1.807) is 18.3 Å². The van der Waals surface area contributed by atoms with Gasteiger partial charge in [-0.3, -0.25) is 4.79 Å². The summed E-state index contributed by atoms with van der Waals surface area (Å²) < 4.78 is 17.1. The number of aromatic amines is 1. The van der Waals surface area contributed by atoms with E-state index in [4.69, 9.17) is 6.80 Å². The molecule has 0 amide bonds. The van der Waals surface area contributed by atoms with Crippen molar-refractivity contribution in [2.24, 2.45) is 0 Å². The second kappa shape index (κ2) is 16.7. The van der Waals surface area contributed by atoms with E-state index < -0.39 is 18.5 Å². The summed E-state index contributed by atoms with van der Waals surface area (Å²) in [6, 6.07) is 4.93. The van der Waals surface area contributed by atoms with E-state index in [1.165, 1.54) is 31.7 Å². The van der Waals surface area contributed by atoms with Crippen molar-refractivity contribution in [2.75, 3.05) is 0 Å². The molecule has 4 nitrogen and oxygen atoms in total. The summed E-state index contributed by atoms with van der Waals surface area (Å²) in [6.07, 6.45) is 7.14. The van der Waals surface area contributed by atoms with Gasteiger partial charge in [0.25, 0.3) is 0 Å². The van der Waals surface area contributed by atoms with Gasteiger partial charge in [0, 0.05) is 12.3 Å². The van der Waals surface area contributed by atoms with Gasteiger partial charge in [-0.2, -0.15) is 0 Å². The van der Waals surface area contributed by atoms with Crippen LogP contribution in [0.15, 0.2) is 29.2 Å². The summed E-state index contributed by atoms with van der Waals surface area (Å²) in [5.74, 6) is 0. The molecule has 0 spiro atoms. The Morgan fingerprint density at radius 3 is 1.81 bits per heavy atom. The predicted molar refractivity (Wildman–Crippen MR) is 58.3 cm³/mol. The van der Waals surface area contributed by atoms with Gasteiger partial charge < -0.3 is 4.98 Å². The third-order valence-corrected chi connectivity index (χ3v) is 1.64. The van der Waals surface area contributed by atoms with Crippen molar-refractivity contribution in [1.29, 1.82) is 0 Å². The first kappa shape index (κ1) is 17.6. The molecule has 0 unspecified atom stereocenters. The molecule has 0 atom stereocenters. The number of nitrogens with one attached hydrogen (secondary N) is 1. The Hall–Kier alpha value is -0.762.